The molecule has 0 N–H and O–H groups in total. The van der Waals surface area contributed by atoms with Gasteiger partial charge in [0.2, 0.25) is 5.91 Å². The second-order valence-electron chi connectivity index (χ2n) is 6.63. The minimum atomic E-state index is -0.205. The smallest absolute Gasteiger partial charge is 0.261 e. The Morgan fingerprint density at radius 3 is 2.63 bits per heavy atom. The number of aryl methyl sites for hydroxylation is 1. The third kappa shape index (κ3) is 3.08. The van der Waals surface area contributed by atoms with Crippen molar-refractivity contribution in [3.05, 3.63) is 82.9 Å². The second-order valence-corrected chi connectivity index (χ2v) is 6.63. The van der Waals surface area contributed by atoms with Crippen molar-refractivity contribution in [2.24, 2.45) is 0 Å². The maximum atomic E-state index is 12.7. The van der Waals surface area contributed by atoms with E-state index in [9.17, 15) is 9.59 Å². The molecule has 0 saturated heterocycles. The molecule has 0 spiro atoms. The van der Waals surface area contributed by atoms with Gasteiger partial charge in [-0.2, -0.15) is 0 Å². The molecule has 0 radical (unpaired) electrons. The molecule has 0 bridgehead atoms. The highest BCUT2D eigenvalue weighted by Gasteiger charge is 2.14. The summed E-state index contributed by atoms with van der Waals surface area (Å²) >= 11 is 0. The highest BCUT2D eigenvalue weighted by molar-refractivity contribution is 5.96. The minimum Gasteiger partial charge on any atom is -0.314 e. The van der Waals surface area contributed by atoms with Crippen LogP contribution in [0.15, 0.2) is 71.8 Å². The van der Waals surface area contributed by atoms with Gasteiger partial charge < -0.3 is 4.90 Å². The Labute approximate surface area is 156 Å². The fourth-order valence-corrected chi connectivity index (χ4v) is 3.23. The molecule has 3 aromatic carbocycles. The summed E-state index contributed by atoms with van der Waals surface area (Å²) < 4.78 is 1.36. The van der Waals surface area contributed by atoms with Gasteiger partial charge in [0, 0.05) is 12.7 Å². The first-order valence-corrected chi connectivity index (χ1v) is 8.75. The molecule has 1 amide bonds. The zero-order valence-electron chi connectivity index (χ0n) is 15.2. The molecule has 0 unspecified atom stereocenters. The quantitative estimate of drug-likeness (QED) is 0.564. The van der Waals surface area contributed by atoms with E-state index in [0.29, 0.717) is 10.9 Å². The highest BCUT2D eigenvalue weighted by Crippen LogP contribution is 2.21. The average molecular weight is 357 g/mol. The third-order valence-corrected chi connectivity index (χ3v) is 4.86. The number of anilines is 1. The van der Waals surface area contributed by atoms with Crippen molar-refractivity contribution >= 4 is 33.3 Å². The average Bonchev–Trinajstić information content (AvgIpc) is 2.69. The van der Waals surface area contributed by atoms with E-state index in [1.54, 1.807) is 18.0 Å². The number of carbonyl (C=O) groups excluding carboxylic acids is 1. The van der Waals surface area contributed by atoms with Crippen molar-refractivity contribution < 1.29 is 4.79 Å². The number of benzene rings is 3. The summed E-state index contributed by atoms with van der Waals surface area (Å²) in [5, 5.41) is 2.71. The normalized spacial score (nSPS) is 11.0. The molecule has 1 aromatic heterocycles. The van der Waals surface area contributed by atoms with Crippen molar-refractivity contribution in [2.45, 2.75) is 13.5 Å². The van der Waals surface area contributed by atoms with Crippen molar-refractivity contribution in [3.63, 3.8) is 0 Å². The van der Waals surface area contributed by atoms with E-state index in [1.165, 1.54) is 10.9 Å². The molecule has 4 aromatic rings. The van der Waals surface area contributed by atoms with Crippen LogP contribution in [0, 0.1) is 6.92 Å². The number of hydrogen-bond donors (Lipinski definition) is 0. The van der Waals surface area contributed by atoms with E-state index in [0.717, 1.165) is 22.0 Å². The Hall–Kier alpha value is -3.47. The molecule has 0 fully saturated rings. The summed E-state index contributed by atoms with van der Waals surface area (Å²) in [4.78, 5) is 31.4. The lowest BCUT2D eigenvalue weighted by Gasteiger charge is -2.18. The first-order chi connectivity index (χ1) is 13.0. The van der Waals surface area contributed by atoms with Gasteiger partial charge in [0.1, 0.15) is 6.54 Å². The molecular formula is C22H19N3O2. The van der Waals surface area contributed by atoms with Gasteiger partial charge in [-0.1, -0.05) is 42.5 Å². The van der Waals surface area contributed by atoms with Crippen LogP contribution < -0.4 is 10.5 Å². The van der Waals surface area contributed by atoms with Crippen LogP contribution in [0.2, 0.25) is 0 Å². The fraction of sp³-hybridized carbons (Fsp3) is 0.136. The predicted molar refractivity (Wildman–Crippen MR) is 108 cm³/mol. The maximum Gasteiger partial charge on any atom is 0.261 e. The number of fused-ring (bicyclic) bond motifs is 2. The van der Waals surface area contributed by atoms with Crippen LogP contribution in [0.3, 0.4) is 0 Å². The van der Waals surface area contributed by atoms with Crippen LogP contribution in [-0.2, 0) is 11.3 Å². The van der Waals surface area contributed by atoms with E-state index in [2.05, 4.69) is 4.98 Å². The minimum absolute atomic E-state index is 0.0565. The van der Waals surface area contributed by atoms with E-state index >= 15 is 0 Å². The van der Waals surface area contributed by atoms with Crippen LogP contribution >= 0.6 is 0 Å². The first kappa shape index (κ1) is 17.0. The van der Waals surface area contributed by atoms with E-state index in [4.69, 9.17) is 0 Å². The molecule has 0 aliphatic heterocycles. The third-order valence-electron chi connectivity index (χ3n) is 4.86. The molecule has 4 rings (SSSR count). The lowest BCUT2D eigenvalue weighted by molar-refractivity contribution is -0.118. The Morgan fingerprint density at radius 2 is 1.81 bits per heavy atom. The largest absolute Gasteiger partial charge is 0.314 e. The summed E-state index contributed by atoms with van der Waals surface area (Å²) in [7, 11) is 1.72. The van der Waals surface area contributed by atoms with Crippen molar-refractivity contribution in [2.75, 3.05) is 11.9 Å². The van der Waals surface area contributed by atoms with Crippen LogP contribution in [0.4, 0.5) is 5.69 Å². The lowest BCUT2D eigenvalue weighted by atomic mass is 10.1. The first-order valence-electron chi connectivity index (χ1n) is 8.75. The summed E-state index contributed by atoms with van der Waals surface area (Å²) in [5.74, 6) is -0.179. The SMILES string of the molecule is Cc1cccc2c(=O)n(CC(=O)N(C)c3ccc4ccccc4c3)cnc12. The van der Waals surface area contributed by atoms with Gasteiger partial charge in [-0.05, 0) is 41.5 Å². The second kappa shape index (κ2) is 6.68. The van der Waals surface area contributed by atoms with E-state index < -0.39 is 0 Å². The molecule has 134 valence electrons. The Kier molecular flexibility index (Phi) is 4.20. The van der Waals surface area contributed by atoms with E-state index in [-0.39, 0.29) is 18.0 Å². The number of nitrogens with zero attached hydrogens (tertiary/aromatic N) is 3. The number of carbonyl (C=O) groups is 1. The van der Waals surface area contributed by atoms with Crippen LogP contribution in [0.25, 0.3) is 21.7 Å². The van der Waals surface area contributed by atoms with Gasteiger partial charge >= 0.3 is 0 Å². The number of aromatic nitrogens is 2. The predicted octanol–water partition coefficient (Wildman–Crippen LogP) is 3.52. The molecule has 0 saturated carbocycles. The topological polar surface area (TPSA) is 55.2 Å². The fourth-order valence-electron chi connectivity index (χ4n) is 3.23. The Bertz CT molecular complexity index is 1230. The zero-order valence-corrected chi connectivity index (χ0v) is 15.2. The summed E-state index contributed by atoms with van der Waals surface area (Å²) in [5.41, 5.74) is 2.20. The van der Waals surface area contributed by atoms with Crippen LogP contribution in [0.1, 0.15) is 5.56 Å². The van der Waals surface area contributed by atoms with Gasteiger partial charge in [-0.3, -0.25) is 14.2 Å². The summed E-state index contributed by atoms with van der Waals surface area (Å²) in [6, 6.07) is 19.3. The van der Waals surface area contributed by atoms with Gasteiger partial charge in [0.25, 0.3) is 5.56 Å². The van der Waals surface area contributed by atoms with Gasteiger partial charge in [0.15, 0.2) is 0 Å². The summed E-state index contributed by atoms with van der Waals surface area (Å²) in [6.45, 7) is 1.86. The molecule has 5 heteroatoms. The molecule has 0 aliphatic carbocycles. The number of rotatable bonds is 3. The van der Waals surface area contributed by atoms with Gasteiger partial charge in [-0.15, -0.1) is 0 Å². The van der Waals surface area contributed by atoms with Crippen molar-refractivity contribution in [1.82, 2.24) is 9.55 Å². The molecule has 1 heterocycles. The van der Waals surface area contributed by atoms with Gasteiger partial charge in [0.05, 0.1) is 17.2 Å². The molecule has 27 heavy (non-hydrogen) atoms. The van der Waals surface area contributed by atoms with Crippen LogP contribution in [-0.4, -0.2) is 22.5 Å². The standard InChI is InChI=1S/C22H19N3O2/c1-15-6-5-9-19-21(15)23-14-25(22(19)27)13-20(26)24(2)18-11-10-16-7-3-4-8-17(16)12-18/h3-12,14H,13H2,1-2H3. The summed E-state index contributed by atoms with van der Waals surface area (Å²) in [6.07, 6.45) is 1.45. The Balaban J connectivity index is 1.64. The monoisotopic (exact) mass is 357 g/mol. The number of likely N-dealkylation sites (N-methyl/N-ethyl adjacent to an activating group) is 1. The zero-order chi connectivity index (χ0) is 19.0. The van der Waals surface area contributed by atoms with Crippen molar-refractivity contribution in [3.8, 4) is 0 Å². The van der Waals surface area contributed by atoms with Gasteiger partial charge in [-0.25, -0.2) is 4.98 Å². The Morgan fingerprint density at radius 1 is 1.04 bits per heavy atom. The highest BCUT2D eigenvalue weighted by atomic mass is 16.2. The molecule has 5 nitrogen and oxygen atoms in total. The van der Waals surface area contributed by atoms with E-state index in [1.807, 2.05) is 61.5 Å². The number of hydrogen-bond acceptors (Lipinski definition) is 3. The molecular weight excluding hydrogens is 338 g/mol. The van der Waals surface area contributed by atoms with Crippen LogP contribution in [0.5, 0.6) is 0 Å². The maximum absolute atomic E-state index is 12.7. The number of para-hydroxylation sites is 1. The van der Waals surface area contributed by atoms with Crippen molar-refractivity contribution in [1.29, 1.82) is 0 Å². The number of amides is 1. The lowest BCUT2D eigenvalue weighted by Crippen LogP contribution is -2.34. The molecule has 0 atom stereocenters. The molecule has 0 aliphatic rings.